The fraction of sp³-hybridized carbons (Fsp3) is 0.321. The summed E-state index contributed by atoms with van der Waals surface area (Å²) in [5, 5.41) is 5.48. The van der Waals surface area contributed by atoms with Crippen LogP contribution in [-0.4, -0.2) is 20.1 Å². The fourth-order valence-electron chi connectivity index (χ4n) is 4.54. The van der Waals surface area contributed by atoms with E-state index in [0.29, 0.717) is 0 Å². The van der Waals surface area contributed by atoms with Gasteiger partial charge in [-0.3, -0.25) is 14.3 Å². The largest absolute Gasteiger partial charge is 0.318 e. The summed E-state index contributed by atoms with van der Waals surface area (Å²) >= 11 is 0. The molecule has 33 heavy (non-hydrogen) atoms. The van der Waals surface area contributed by atoms with E-state index in [-0.39, 0.29) is 23.3 Å². The summed E-state index contributed by atoms with van der Waals surface area (Å²) < 4.78 is 3.41. The average Bonchev–Trinajstić information content (AvgIpc) is 3.18. The maximum absolute atomic E-state index is 13.3. The van der Waals surface area contributed by atoms with Crippen molar-refractivity contribution < 1.29 is 4.79 Å². The molecule has 0 atom stereocenters. The van der Waals surface area contributed by atoms with E-state index >= 15 is 0 Å². The van der Waals surface area contributed by atoms with Gasteiger partial charge < -0.3 is 4.57 Å². The van der Waals surface area contributed by atoms with E-state index in [0.717, 1.165) is 64.4 Å². The number of aryl methyl sites for hydroxylation is 3. The molecule has 0 N–H and O–H groups in total. The molecule has 0 saturated heterocycles. The second-order valence-electron chi connectivity index (χ2n) is 8.83. The van der Waals surface area contributed by atoms with Gasteiger partial charge in [0.2, 0.25) is 0 Å². The Balaban J connectivity index is 1.67. The van der Waals surface area contributed by atoms with Crippen molar-refractivity contribution >= 4 is 16.7 Å². The number of aromatic nitrogens is 3. The Morgan fingerprint density at radius 2 is 1.79 bits per heavy atom. The molecular weight excluding hydrogens is 410 g/mol. The normalized spacial score (nSPS) is 11.3. The molecule has 0 bridgehead atoms. The van der Waals surface area contributed by atoms with Gasteiger partial charge in [-0.15, -0.1) is 0 Å². The third-order valence-electron chi connectivity index (χ3n) is 6.49. The highest BCUT2D eigenvalue weighted by Crippen LogP contribution is 2.32. The number of pyridine rings is 1. The molecule has 0 saturated carbocycles. The van der Waals surface area contributed by atoms with Crippen molar-refractivity contribution in [2.75, 3.05) is 0 Å². The predicted molar refractivity (Wildman–Crippen MR) is 134 cm³/mol. The Labute approximate surface area is 194 Å². The van der Waals surface area contributed by atoms with E-state index in [4.69, 9.17) is 0 Å². The van der Waals surface area contributed by atoms with Gasteiger partial charge in [-0.25, -0.2) is 0 Å². The van der Waals surface area contributed by atoms with Gasteiger partial charge in [-0.1, -0.05) is 50.1 Å². The van der Waals surface area contributed by atoms with E-state index in [1.807, 2.05) is 49.2 Å². The van der Waals surface area contributed by atoms with Crippen LogP contribution in [0, 0.1) is 6.92 Å². The molecule has 5 heteroatoms. The predicted octanol–water partition coefficient (Wildman–Crippen LogP) is 5.41. The van der Waals surface area contributed by atoms with Gasteiger partial charge in [-0.05, 0) is 59.7 Å². The molecule has 0 amide bonds. The van der Waals surface area contributed by atoms with Gasteiger partial charge in [0.15, 0.2) is 5.78 Å². The third kappa shape index (κ3) is 4.54. The summed E-state index contributed by atoms with van der Waals surface area (Å²) in [6.45, 7) is 4.22. The first kappa shape index (κ1) is 22.7. The number of Topliss-reactive ketones (excluding diaryl/α,β-unsaturated/α-hetero) is 1. The molecule has 0 fully saturated rings. The zero-order valence-corrected chi connectivity index (χ0v) is 19.9. The first-order chi connectivity index (χ1) is 15.9. The molecule has 170 valence electrons. The molecule has 0 aliphatic carbocycles. The number of rotatable bonds is 8. The molecule has 0 aliphatic heterocycles. The van der Waals surface area contributed by atoms with Gasteiger partial charge in [0.1, 0.15) is 0 Å². The van der Waals surface area contributed by atoms with Gasteiger partial charge in [0.05, 0.1) is 17.3 Å². The van der Waals surface area contributed by atoms with E-state index in [9.17, 15) is 9.59 Å². The van der Waals surface area contributed by atoms with Crippen LogP contribution < -0.4 is 5.56 Å². The van der Waals surface area contributed by atoms with E-state index in [1.54, 1.807) is 17.7 Å². The first-order valence-corrected chi connectivity index (χ1v) is 11.6. The number of carbonyl (C=O) groups is 1. The lowest BCUT2D eigenvalue weighted by atomic mass is 9.91. The van der Waals surface area contributed by atoms with Crippen molar-refractivity contribution in [1.29, 1.82) is 0 Å². The first-order valence-electron chi connectivity index (χ1n) is 11.6. The van der Waals surface area contributed by atoms with Gasteiger partial charge in [0, 0.05) is 32.1 Å². The Kier molecular flexibility index (Phi) is 6.59. The highest BCUT2D eigenvalue weighted by atomic mass is 16.1. The van der Waals surface area contributed by atoms with Crippen molar-refractivity contribution in [3.8, 4) is 11.1 Å². The van der Waals surface area contributed by atoms with Crippen LogP contribution in [0.5, 0.6) is 0 Å². The third-order valence-corrected chi connectivity index (χ3v) is 6.49. The lowest BCUT2D eigenvalue weighted by molar-refractivity contribution is 0.0990. The average molecular weight is 442 g/mol. The van der Waals surface area contributed by atoms with Crippen molar-refractivity contribution in [3.05, 3.63) is 87.5 Å². The number of ketones is 1. The molecule has 0 radical (unpaired) electrons. The van der Waals surface area contributed by atoms with Crippen LogP contribution >= 0.6 is 0 Å². The molecule has 0 spiro atoms. The smallest absolute Gasteiger partial charge is 0.261 e. The SMILES string of the molecule is CCCCCc1cc(C(=O)Cc2cccc(-c3cccc4c3cnn4C)c2C)c(=O)n(C)c1. The van der Waals surface area contributed by atoms with Gasteiger partial charge >= 0.3 is 0 Å². The zero-order valence-electron chi connectivity index (χ0n) is 19.9. The highest BCUT2D eigenvalue weighted by Gasteiger charge is 2.17. The monoisotopic (exact) mass is 441 g/mol. The van der Waals surface area contributed by atoms with Crippen molar-refractivity contribution in [3.63, 3.8) is 0 Å². The molecule has 0 unspecified atom stereocenters. The Morgan fingerprint density at radius 3 is 2.58 bits per heavy atom. The van der Waals surface area contributed by atoms with E-state index in [2.05, 4.69) is 30.2 Å². The number of nitrogens with zero attached hydrogens (tertiary/aromatic N) is 3. The van der Waals surface area contributed by atoms with Crippen molar-refractivity contribution in [1.82, 2.24) is 14.3 Å². The number of fused-ring (bicyclic) bond motifs is 1. The summed E-state index contributed by atoms with van der Waals surface area (Å²) in [6.07, 6.45) is 8.16. The number of hydrogen-bond acceptors (Lipinski definition) is 3. The number of carbonyl (C=O) groups excluding carboxylic acids is 1. The molecule has 2 heterocycles. The molecular formula is C28H31N3O2. The van der Waals surface area contributed by atoms with Gasteiger partial charge in [0.25, 0.3) is 5.56 Å². The molecule has 0 aliphatic rings. The molecule has 4 aromatic rings. The van der Waals surface area contributed by atoms with Crippen LogP contribution in [-0.2, 0) is 26.9 Å². The summed E-state index contributed by atoms with van der Waals surface area (Å²) in [5.74, 6) is -0.132. The second kappa shape index (κ2) is 9.57. The Morgan fingerprint density at radius 1 is 1.03 bits per heavy atom. The summed E-state index contributed by atoms with van der Waals surface area (Å²) in [5.41, 5.74) is 6.34. The minimum Gasteiger partial charge on any atom is -0.318 e. The highest BCUT2D eigenvalue weighted by molar-refractivity contribution is 5.99. The number of unbranched alkanes of at least 4 members (excludes halogenated alkanes) is 2. The molecule has 5 nitrogen and oxygen atoms in total. The molecule has 4 rings (SSSR count). The molecule has 2 aromatic carbocycles. The standard InChI is InChI=1S/C28H31N3O2/c1-5-6-7-10-20-15-24(28(33)30(3)18-20)27(32)16-21-11-8-12-22(19(21)2)23-13-9-14-26-25(23)17-29-31(26)4/h8-9,11-15,17-18H,5-7,10,16H2,1-4H3. The van der Waals surface area contributed by atoms with Crippen LogP contribution in [0.15, 0.2) is 59.7 Å². The second-order valence-corrected chi connectivity index (χ2v) is 8.83. The Bertz CT molecular complexity index is 1380. The number of hydrogen-bond donors (Lipinski definition) is 0. The topological polar surface area (TPSA) is 56.9 Å². The lowest BCUT2D eigenvalue weighted by Crippen LogP contribution is -2.25. The maximum atomic E-state index is 13.3. The Hall–Kier alpha value is -3.47. The van der Waals surface area contributed by atoms with Gasteiger partial charge in [-0.2, -0.15) is 5.10 Å². The van der Waals surface area contributed by atoms with Crippen LogP contribution in [0.25, 0.3) is 22.0 Å². The van der Waals surface area contributed by atoms with Crippen LogP contribution in [0.2, 0.25) is 0 Å². The summed E-state index contributed by atoms with van der Waals surface area (Å²) in [6, 6.07) is 14.0. The maximum Gasteiger partial charge on any atom is 0.261 e. The minimum atomic E-state index is -0.229. The summed E-state index contributed by atoms with van der Waals surface area (Å²) in [7, 11) is 3.66. The van der Waals surface area contributed by atoms with E-state index in [1.165, 1.54) is 0 Å². The zero-order chi connectivity index (χ0) is 23.5. The lowest BCUT2D eigenvalue weighted by Gasteiger charge is -2.13. The van der Waals surface area contributed by atoms with E-state index < -0.39 is 0 Å². The van der Waals surface area contributed by atoms with Crippen molar-refractivity contribution in [2.24, 2.45) is 14.1 Å². The number of benzene rings is 2. The van der Waals surface area contributed by atoms with Crippen LogP contribution in [0.3, 0.4) is 0 Å². The minimum absolute atomic E-state index is 0.132. The molecule has 2 aromatic heterocycles. The quantitative estimate of drug-likeness (QED) is 0.271. The fourth-order valence-corrected chi connectivity index (χ4v) is 4.54. The summed E-state index contributed by atoms with van der Waals surface area (Å²) in [4.78, 5) is 26.0. The van der Waals surface area contributed by atoms with Crippen LogP contribution in [0.4, 0.5) is 0 Å². The van der Waals surface area contributed by atoms with Crippen molar-refractivity contribution in [2.45, 2.75) is 46.0 Å². The van der Waals surface area contributed by atoms with Crippen LogP contribution in [0.1, 0.15) is 53.2 Å².